The van der Waals surface area contributed by atoms with Crippen LogP contribution in [0.1, 0.15) is 24.8 Å². The lowest BCUT2D eigenvalue weighted by atomic mass is 9.99. The zero-order valence-corrected chi connectivity index (χ0v) is 17.1. The summed E-state index contributed by atoms with van der Waals surface area (Å²) in [7, 11) is 0. The molecule has 0 amide bonds. The molecule has 1 aromatic heterocycles. The molecule has 1 N–H and O–H groups in total. The zero-order chi connectivity index (χ0) is 21.8. The summed E-state index contributed by atoms with van der Waals surface area (Å²) in [4.78, 5) is 39.7. The van der Waals surface area contributed by atoms with Crippen LogP contribution in [0.5, 0.6) is 0 Å². The number of rotatable bonds is 7. The fourth-order valence-electron chi connectivity index (χ4n) is 4.13. The molecule has 160 valence electrons. The van der Waals surface area contributed by atoms with Crippen LogP contribution in [0, 0.1) is 10.1 Å². The topological polar surface area (TPSA) is 101 Å². The SMILES string of the molecule is O=c1[nH]c(=O)n(CCCCN2CC=C(c3ccccc3)CC2)c2cccc([N+](=O)[O-])c12. The number of H-pyrrole nitrogens is 1. The molecule has 2 heterocycles. The van der Waals surface area contributed by atoms with E-state index in [2.05, 4.69) is 40.2 Å². The summed E-state index contributed by atoms with van der Waals surface area (Å²) in [6.45, 7) is 3.20. The molecule has 1 aliphatic rings. The first kappa shape index (κ1) is 20.7. The smallest absolute Gasteiger partial charge is 0.299 e. The summed E-state index contributed by atoms with van der Waals surface area (Å²) in [5.41, 5.74) is 1.41. The fraction of sp³-hybridized carbons (Fsp3) is 0.304. The molecule has 0 radical (unpaired) electrons. The summed E-state index contributed by atoms with van der Waals surface area (Å²) < 4.78 is 1.42. The van der Waals surface area contributed by atoms with E-state index in [4.69, 9.17) is 0 Å². The van der Waals surface area contributed by atoms with Crippen molar-refractivity contribution >= 4 is 22.2 Å². The van der Waals surface area contributed by atoms with Crippen LogP contribution in [0.3, 0.4) is 0 Å². The van der Waals surface area contributed by atoms with Crippen LogP contribution >= 0.6 is 0 Å². The lowest BCUT2D eigenvalue weighted by molar-refractivity contribution is -0.383. The number of hydrogen-bond acceptors (Lipinski definition) is 5. The standard InChI is InChI=1S/C23H24N4O4/c28-22-21-19(9-6-10-20(21)27(30)31)26(23(29)24-22)14-5-4-13-25-15-11-18(12-16-25)17-7-2-1-3-8-17/h1-3,6-11H,4-5,12-16H2,(H,24,28,29). The highest BCUT2D eigenvalue weighted by molar-refractivity contribution is 5.87. The molecule has 0 spiro atoms. The quantitative estimate of drug-likeness (QED) is 0.359. The Labute approximate surface area is 178 Å². The van der Waals surface area contributed by atoms with Crippen molar-refractivity contribution in [3.05, 3.63) is 91.1 Å². The van der Waals surface area contributed by atoms with E-state index in [1.165, 1.54) is 27.8 Å². The zero-order valence-electron chi connectivity index (χ0n) is 17.1. The van der Waals surface area contributed by atoms with E-state index in [0.29, 0.717) is 12.1 Å². The molecule has 0 saturated carbocycles. The molecule has 2 aromatic carbocycles. The van der Waals surface area contributed by atoms with E-state index in [0.717, 1.165) is 38.9 Å². The predicted molar refractivity (Wildman–Crippen MR) is 120 cm³/mol. The molecular weight excluding hydrogens is 396 g/mol. The molecule has 31 heavy (non-hydrogen) atoms. The van der Waals surface area contributed by atoms with E-state index >= 15 is 0 Å². The number of aromatic amines is 1. The summed E-state index contributed by atoms with van der Waals surface area (Å²) in [5.74, 6) is 0. The van der Waals surface area contributed by atoms with Gasteiger partial charge in [0.25, 0.3) is 11.2 Å². The van der Waals surface area contributed by atoms with Gasteiger partial charge in [0.2, 0.25) is 0 Å². The Balaban J connectivity index is 1.39. The Morgan fingerprint density at radius 2 is 1.77 bits per heavy atom. The highest BCUT2D eigenvalue weighted by Crippen LogP contribution is 2.23. The number of benzene rings is 2. The van der Waals surface area contributed by atoms with Gasteiger partial charge in [0.05, 0.1) is 10.4 Å². The maximum absolute atomic E-state index is 12.3. The van der Waals surface area contributed by atoms with Crippen molar-refractivity contribution in [2.24, 2.45) is 0 Å². The number of nitrogens with zero attached hydrogens (tertiary/aromatic N) is 3. The molecule has 0 atom stereocenters. The third-order valence-corrected chi connectivity index (χ3v) is 5.74. The van der Waals surface area contributed by atoms with Crippen molar-refractivity contribution in [1.82, 2.24) is 14.5 Å². The maximum Gasteiger partial charge on any atom is 0.328 e. The number of non-ortho nitro benzene ring substituents is 1. The van der Waals surface area contributed by atoms with Crippen LogP contribution in [0.25, 0.3) is 16.5 Å². The number of hydrogen-bond donors (Lipinski definition) is 1. The second kappa shape index (κ2) is 9.09. The van der Waals surface area contributed by atoms with Gasteiger partial charge in [-0.15, -0.1) is 0 Å². The minimum Gasteiger partial charge on any atom is -0.299 e. The van der Waals surface area contributed by atoms with Crippen molar-refractivity contribution in [2.45, 2.75) is 25.8 Å². The predicted octanol–water partition coefficient (Wildman–Crippen LogP) is 3.17. The van der Waals surface area contributed by atoms with E-state index in [9.17, 15) is 19.7 Å². The number of nitrogens with one attached hydrogen (secondary N) is 1. The molecule has 0 bridgehead atoms. The minimum absolute atomic E-state index is 0.0540. The number of nitro groups is 1. The lowest BCUT2D eigenvalue weighted by Gasteiger charge is -2.26. The largest absolute Gasteiger partial charge is 0.328 e. The molecule has 0 aliphatic carbocycles. The third-order valence-electron chi connectivity index (χ3n) is 5.74. The van der Waals surface area contributed by atoms with Crippen molar-refractivity contribution in [3.63, 3.8) is 0 Å². The Bertz CT molecular complexity index is 1240. The van der Waals surface area contributed by atoms with Gasteiger partial charge in [0, 0.05) is 25.7 Å². The maximum atomic E-state index is 12.3. The summed E-state index contributed by atoms with van der Waals surface area (Å²) in [5, 5.41) is 11.2. The van der Waals surface area contributed by atoms with E-state index in [1.54, 1.807) is 6.07 Å². The van der Waals surface area contributed by atoms with Gasteiger partial charge in [-0.05, 0) is 43.0 Å². The Kier molecular flexibility index (Phi) is 6.08. The van der Waals surface area contributed by atoms with E-state index in [1.807, 2.05) is 6.07 Å². The Hall–Kier alpha value is -3.52. The number of nitro benzene ring substituents is 1. The molecular formula is C23H24N4O4. The Morgan fingerprint density at radius 1 is 1.00 bits per heavy atom. The monoisotopic (exact) mass is 420 g/mol. The third kappa shape index (κ3) is 4.49. The van der Waals surface area contributed by atoms with Gasteiger partial charge < -0.3 is 0 Å². The van der Waals surface area contributed by atoms with Crippen LogP contribution in [-0.4, -0.2) is 39.0 Å². The summed E-state index contributed by atoms with van der Waals surface area (Å²) in [6, 6.07) is 14.8. The second-order valence-corrected chi connectivity index (χ2v) is 7.69. The van der Waals surface area contributed by atoms with Crippen LogP contribution in [-0.2, 0) is 6.54 Å². The first-order valence-corrected chi connectivity index (χ1v) is 10.4. The summed E-state index contributed by atoms with van der Waals surface area (Å²) >= 11 is 0. The molecule has 8 heteroatoms. The molecule has 0 unspecified atom stereocenters. The fourth-order valence-corrected chi connectivity index (χ4v) is 4.13. The van der Waals surface area contributed by atoms with Crippen LogP contribution in [0.4, 0.5) is 5.69 Å². The van der Waals surface area contributed by atoms with Crippen molar-refractivity contribution in [1.29, 1.82) is 0 Å². The lowest BCUT2D eigenvalue weighted by Crippen LogP contribution is -2.32. The van der Waals surface area contributed by atoms with Crippen LogP contribution in [0.2, 0.25) is 0 Å². The van der Waals surface area contributed by atoms with Crippen LogP contribution in [0.15, 0.2) is 64.2 Å². The number of aryl methyl sites for hydroxylation is 1. The van der Waals surface area contributed by atoms with Gasteiger partial charge in [0.1, 0.15) is 5.39 Å². The second-order valence-electron chi connectivity index (χ2n) is 7.69. The number of fused-ring (bicyclic) bond motifs is 1. The van der Waals surface area contributed by atoms with Gasteiger partial charge in [-0.25, -0.2) is 4.79 Å². The minimum atomic E-state index is -0.724. The molecule has 8 nitrogen and oxygen atoms in total. The van der Waals surface area contributed by atoms with E-state index in [-0.39, 0.29) is 11.1 Å². The highest BCUT2D eigenvalue weighted by atomic mass is 16.6. The molecule has 1 aliphatic heterocycles. The number of unbranched alkanes of at least 4 members (excludes halogenated alkanes) is 1. The molecule has 0 fully saturated rings. The molecule has 3 aromatic rings. The van der Waals surface area contributed by atoms with Crippen molar-refractivity contribution in [2.75, 3.05) is 19.6 Å². The first-order valence-electron chi connectivity index (χ1n) is 10.4. The Morgan fingerprint density at radius 3 is 2.48 bits per heavy atom. The van der Waals surface area contributed by atoms with Gasteiger partial charge in [0.15, 0.2) is 0 Å². The van der Waals surface area contributed by atoms with Gasteiger partial charge >= 0.3 is 5.69 Å². The van der Waals surface area contributed by atoms with Gasteiger partial charge in [-0.1, -0.05) is 42.5 Å². The van der Waals surface area contributed by atoms with Gasteiger partial charge in [-0.3, -0.25) is 29.4 Å². The van der Waals surface area contributed by atoms with Crippen LogP contribution < -0.4 is 11.2 Å². The molecule has 4 rings (SSSR count). The van der Waals surface area contributed by atoms with Gasteiger partial charge in [-0.2, -0.15) is 0 Å². The van der Waals surface area contributed by atoms with E-state index < -0.39 is 16.2 Å². The normalized spacial score (nSPS) is 14.5. The number of aromatic nitrogens is 2. The van der Waals surface area contributed by atoms with Crippen molar-refractivity contribution in [3.8, 4) is 0 Å². The van der Waals surface area contributed by atoms with Crippen molar-refractivity contribution < 1.29 is 4.92 Å². The first-order chi connectivity index (χ1) is 15.0. The summed E-state index contributed by atoms with van der Waals surface area (Å²) in [6.07, 6.45) is 4.90. The highest BCUT2D eigenvalue weighted by Gasteiger charge is 2.18. The molecule has 0 saturated heterocycles. The average molecular weight is 420 g/mol. The average Bonchev–Trinajstić information content (AvgIpc) is 2.79.